The van der Waals surface area contributed by atoms with Gasteiger partial charge in [-0.3, -0.25) is 43.7 Å². The van der Waals surface area contributed by atoms with Crippen molar-refractivity contribution in [3.63, 3.8) is 0 Å². The second-order valence-corrected chi connectivity index (χ2v) is 10.7. The molecule has 17 nitrogen and oxygen atoms in total. The van der Waals surface area contributed by atoms with Crippen LogP contribution in [0.1, 0.15) is 59.3 Å². The van der Waals surface area contributed by atoms with Gasteiger partial charge in [-0.15, -0.1) is 0 Å². The molecule has 0 spiro atoms. The van der Waals surface area contributed by atoms with Gasteiger partial charge in [0.15, 0.2) is 0 Å². The van der Waals surface area contributed by atoms with Gasteiger partial charge in [0.05, 0.1) is 11.3 Å². The van der Waals surface area contributed by atoms with Gasteiger partial charge in [-0.2, -0.15) is 0 Å². The van der Waals surface area contributed by atoms with Gasteiger partial charge in [0, 0.05) is 37.7 Å². The van der Waals surface area contributed by atoms with E-state index < -0.39 is 83.4 Å². The molecule has 1 aliphatic rings. The van der Waals surface area contributed by atoms with Gasteiger partial charge in [0.2, 0.25) is 29.5 Å². The van der Waals surface area contributed by atoms with Crippen molar-refractivity contribution in [3.8, 4) is 0 Å². The Balaban J connectivity index is 2.23. The minimum Gasteiger partial charge on any atom is -0.481 e. The first-order chi connectivity index (χ1) is 21.1. The summed E-state index contributed by atoms with van der Waals surface area (Å²) in [6.07, 6.45) is -0.611. The first-order valence-corrected chi connectivity index (χ1v) is 14.3. The number of carboxylic acids is 2. The van der Waals surface area contributed by atoms with E-state index in [2.05, 4.69) is 21.3 Å². The lowest BCUT2D eigenvalue weighted by Gasteiger charge is -2.31. The zero-order chi connectivity index (χ0) is 33.8. The number of benzene rings is 1. The number of nitrogens with one attached hydrogen (secondary N) is 4. The van der Waals surface area contributed by atoms with Crippen LogP contribution in [0, 0.1) is 16.0 Å². The second kappa shape index (κ2) is 16.7. The van der Waals surface area contributed by atoms with Crippen molar-refractivity contribution >= 4 is 52.8 Å². The molecule has 5 unspecified atom stereocenters. The predicted octanol–water partition coefficient (Wildman–Crippen LogP) is 0.384. The number of hydrogen-bond donors (Lipinski definition) is 6. The molecule has 0 bridgehead atoms. The number of aliphatic carboxylic acids is 2. The molecule has 0 aromatic heterocycles. The van der Waals surface area contributed by atoms with Crippen molar-refractivity contribution in [1.82, 2.24) is 20.9 Å². The lowest BCUT2D eigenvalue weighted by molar-refractivity contribution is -0.384. The minimum absolute atomic E-state index is 0.0649. The first kappa shape index (κ1) is 36.1. The van der Waals surface area contributed by atoms with Gasteiger partial charge in [-0.1, -0.05) is 20.3 Å². The number of carbonyl (C=O) groups excluding carboxylic acids is 5. The van der Waals surface area contributed by atoms with E-state index in [4.69, 9.17) is 0 Å². The van der Waals surface area contributed by atoms with Crippen LogP contribution >= 0.6 is 0 Å². The van der Waals surface area contributed by atoms with E-state index in [0.29, 0.717) is 12.8 Å². The summed E-state index contributed by atoms with van der Waals surface area (Å²) >= 11 is 0. The molecule has 1 saturated heterocycles. The van der Waals surface area contributed by atoms with Crippen LogP contribution in [0.15, 0.2) is 24.3 Å². The normalized spacial score (nSPS) is 16.8. The van der Waals surface area contributed by atoms with E-state index in [1.54, 1.807) is 13.8 Å². The Labute approximate surface area is 258 Å². The van der Waals surface area contributed by atoms with Crippen LogP contribution in [0.4, 0.5) is 11.4 Å². The Morgan fingerprint density at radius 2 is 1.62 bits per heavy atom. The number of non-ortho nitro benzene ring substituents is 1. The minimum atomic E-state index is -1.58. The fourth-order valence-corrected chi connectivity index (χ4v) is 4.76. The van der Waals surface area contributed by atoms with Crippen LogP contribution in [-0.4, -0.2) is 92.2 Å². The largest absolute Gasteiger partial charge is 0.481 e. The third-order valence-electron chi connectivity index (χ3n) is 7.31. The third kappa shape index (κ3) is 10.8. The predicted molar refractivity (Wildman–Crippen MR) is 157 cm³/mol. The Hall–Kier alpha value is -5.09. The van der Waals surface area contributed by atoms with E-state index >= 15 is 0 Å². The summed E-state index contributed by atoms with van der Waals surface area (Å²) in [5.41, 5.74) is -0.127. The molecule has 6 N–H and O–H groups in total. The highest BCUT2D eigenvalue weighted by Gasteiger charge is 2.40. The van der Waals surface area contributed by atoms with Crippen molar-refractivity contribution in [2.45, 2.75) is 83.5 Å². The van der Waals surface area contributed by atoms with Gasteiger partial charge < -0.3 is 36.4 Å². The number of carboxylic acid groups (broad SMARTS) is 2. The number of anilines is 1. The van der Waals surface area contributed by atoms with E-state index in [1.165, 1.54) is 19.1 Å². The Kier molecular flexibility index (Phi) is 13.4. The molecule has 1 aromatic rings. The van der Waals surface area contributed by atoms with Crippen LogP contribution in [0.5, 0.6) is 0 Å². The first-order valence-electron chi connectivity index (χ1n) is 14.3. The average molecular weight is 635 g/mol. The van der Waals surface area contributed by atoms with Crippen LogP contribution in [0.2, 0.25) is 0 Å². The van der Waals surface area contributed by atoms with Crippen LogP contribution in [-0.2, 0) is 33.6 Å². The maximum Gasteiger partial charge on any atom is 0.305 e. The molecule has 0 saturated carbocycles. The fraction of sp³-hybridized carbons (Fsp3) is 0.536. The number of rotatable bonds is 16. The second-order valence-electron chi connectivity index (χ2n) is 10.7. The molecule has 5 atom stereocenters. The summed E-state index contributed by atoms with van der Waals surface area (Å²) in [5, 5.41) is 39.3. The molecule has 1 heterocycles. The number of hydrogen-bond acceptors (Lipinski definition) is 9. The summed E-state index contributed by atoms with van der Waals surface area (Å²) in [4.78, 5) is 98.9. The molecule has 246 valence electrons. The smallest absolute Gasteiger partial charge is 0.305 e. The molecule has 1 aliphatic heterocycles. The van der Waals surface area contributed by atoms with Gasteiger partial charge >= 0.3 is 11.9 Å². The molecular weight excluding hydrogens is 596 g/mol. The molecule has 0 radical (unpaired) electrons. The van der Waals surface area contributed by atoms with Crippen molar-refractivity contribution in [2.75, 3.05) is 11.9 Å². The van der Waals surface area contributed by atoms with Gasteiger partial charge in [0.25, 0.3) is 5.69 Å². The van der Waals surface area contributed by atoms with E-state index in [-0.39, 0.29) is 36.7 Å². The summed E-state index contributed by atoms with van der Waals surface area (Å²) < 4.78 is 0. The van der Waals surface area contributed by atoms with Crippen molar-refractivity contribution in [2.24, 2.45) is 5.92 Å². The molecular formula is C28H38N6O11. The van der Waals surface area contributed by atoms with Crippen molar-refractivity contribution in [3.05, 3.63) is 34.4 Å². The zero-order valence-corrected chi connectivity index (χ0v) is 25.1. The van der Waals surface area contributed by atoms with Crippen molar-refractivity contribution < 1.29 is 48.7 Å². The standard InChI is InChI=1S/C28H38N6O11/c1-4-15(2)24(29-16(3)35)27(42)31-19(11-12-22(36)37)28(43)33-13-5-6-21(33)26(41)32-20(14-23(38)39)25(40)30-17-7-9-18(10-8-17)34(44)45/h7-10,15,19-21,24H,4-6,11-14H2,1-3H3,(H,29,35)(H,30,40)(H,31,42)(H,32,41)(H,36,37)(H,38,39). The number of likely N-dealkylation sites (tertiary alicyclic amines) is 1. The highest BCUT2D eigenvalue weighted by molar-refractivity contribution is 6.00. The zero-order valence-electron chi connectivity index (χ0n) is 25.1. The Morgan fingerprint density at radius 1 is 0.978 bits per heavy atom. The number of nitro benzene ring substituents is 1. The summed E-state index contributed by atoms with van der Waals surface area (Å²) in [7, 11) is 0. The van der Waals surface area contributed by atoms with E-state index in [9.17, 15) is 53.9 Å². The van der Waals surface area contributed by atoms with Gasteiger partial charge in [-0.25, -0.2) is 0 Å². The summed E-state index contributed by atoms with van der Waals surface area (Å²) in [6, 6.07) is -0.386. The summed E-state index contributed by atoms with van der Waals surface area (Å²) in [5.74, 6) is -6.66. The van der Waals surface area contributed by atoms with Crippen molar-refractivity contribution in [1.29, 1.82) is 0 Å². The molecule has 5 amide bonds. The van der Waals surface area contributed by atoms with E-state index in [1.807, 2.05) is 0 Å². The molecule has 17 heteroatoms. The number of carbonyl (C=O) groups is 7. The highest BCUT2D eigenvalue weighted by atomic mass is 16.6. The number of nitro groups is 1. The lowest BCUT2D eigenvalue weighted by Crippen LogP contribution is -2.58. The van der Waals surface area contributed by atoms with Crippen LogP contribution in [0.25, 0.3) is 0 Å². The molecule has 2 rings (SSSR count). The quantitative estimate of drug-likeness (QED) is 0.107. The van der Waals surface area contributed by atoms with Gasteiger partial charge in [0.1, 0.15) is 24.2 Å². The number of nitrogens with zero attached hydrogens (tertiary/aromatic N) is 2. The van der Waals surface area contributed by atoms with Gasteiger partial charge in [-0.05, 0) is 37.3 Å². The highest BCUT2D eigenvalue weighted by Crippen LogP contribution is 2.21. The molecule has 1 fully saturated rings. The Bertz CT molecular complexity index is 1300. The van der Waals surface area contributed by atoms with E-state index in [0.717, 1.165) is 17.0 Å². The lowest BCUT2D eigenvalue weighted by atomic mass is 9.97. The Morgan fingerprint density at radius 3 is 2.16 bits per heavy atom. The average Bonchev–Trinajstić information content (AvgIpc) is 3.47. The van der Waals surface area contributed by atoms with Crippen LogP contribution < -0.4 is 21.3 Å². The fourth-order valence-electron chi connectivity index (χ4n) is 4.76. The third-order valence-corrected chi connectivity index (χ3v) is 7.31. The molecule has 1 aromatic carbocycles. The maximum atomic E-state index is 13.6. The SMILES string of the molecule is CCC(C)C(NC(C)=O)C(=O)NC(CCC(=O)O)C(=O)N1CCCC1C(=O)NC(CC(=O)O)C(=O)Nc1ccc([N+](=O)[O-])cc1. The molecule has 45 heavy (non-hydrogen) atoms. The topological polar surface area (TPSA) is 254 Å². The van der Waals surface area contributed by atoms with Crippen LogP contribution in [0.3, 0.4) is 0 Å². The monoisotopic (exact) mass is 634 g/mol. The summed E-state index contributed by atoms with van der Waals surface area (Å²) in [6.45, 7) is 4.82. The number of amides is 5. The molecule has 0 aliphatic carbocycles. The maximum absolute atomic E-state index is 13.6.